The SMILES string of the molecule is CC1(C)c2ccccc2-c2ccc(-c3ccc(N(c4ccc(-c5ccc(-c6ccccc6)s5)cc4)c4ccc5c(c4)c4cc(-c6ccc(-c7ccccc7)cc6)ccc4n5-c4ccccc4)cc3)cc21. The summed E-state index contributed by atoms with van der Waals surface area (Å²) in [7, 11) is 0. The number of hydrogen-bond acceptors (Lipinski definition) is 2. The molecule has 332 valence electrons. The number of hydrogen-bond donors (Lipinski definition) is 0. The minimum atomic E-state index is -0.0624. The zero-order valence-electron chi connectivity index (χ0n) is 39.1. The van der Waals surface area contributed by atoms with Gasteiger partial charge in [0.2, 0.25) is 0 Å². The van der Waals surface area contributed by atoms with Gasteiger partial charge in [0, 0.05) is 48.7 Å². The summed E-state index contributed by atoms with van der Waals surface area (Å²) in [6.07, 6.45) is 0. The van der Waals surface area contributed by atoms with Gasteiger partial charge in [0.15, 0.2) is 0 Å². The minimum Gasteiger partial charge on any atom is -0.310 e. The van der Waals surface area contributed by atoms with Gasteiger partial charge >= 0.3 is 0 Å². The first-order valence-electron chi connectivity index (χ1n) is 24.1. The lowest BCUT2D eigenvalue weighted by Gasteiger charge is -2.26. The molecule has 10 aromatic carbocycles. The summed E-state index contributed by atoms with van der Waals surface area (Å²) in [6.45, 7) is 4.71. The maximum Gasteiger partial charge on any atom is 0.0542 e. The van der Waals surface area contributed by atoms with E-state index in [-0.39, 0.29) is 5.41 Å². The Morgan fingerprint density at radius 3 is 1.41 bits per heavy atom. The molecule has 70 heavy (non-hydrogen) atoms. The monoisotopic (exact) mass is 912 g/mol. The van der Waals surface area contributed by atoms with E-state index in [1.165, 1.54) is 98.3 Å². The van der Waals surface area contributed by atoms with E-state index in [2.05, 4.69) is 278 Å². The van der Waals surface area contributed by atoms with Gasteiger partial charge in [-0.15, -0.1) is 11.3 Å². The van der Waals surface area contributed by atoms with Crippen molar-refractivity contribution in [1.82, 2.24) is 4.57 Å². The van der Waals surface area contributed by atoms with E-state index >= 15 is 0 Å². The normalized spacial score (nSPS) is 12.5. The fraction of sp³-hybridized carbons (Fsp3) is 0.0448. The van der Waals surface area contributed by atoms with Gasteiger partial charge in [-0.3, -0.25) is 0 Å². The van der Waals surface area contributed by atoms with Crippen LogP contribution in [0.3, 0.4) is 0 Å². The van der Waals surface area contributed by atoms with Crippen LogP contribution in [0.15, 0.2) is 255 Å². The first kappa shape index (κ1) is 41.7. The van der Waals surface area contributed by atoms with Crippen LogP contribution in [0.5, 0.6) is 0 Å². The van der Waals surface area contributed by atoms with Gasteiger partial charge in [0.05, 0.1) is 11.0 Å². The molecule has 1 aliphatic carbocycles. The molecule has 0 fully saturated rings. The summed E-state index contributed by atoms with van der Waals surface area (Å²) in [5.41, 5.74) is 21.9. The summed E-state index contributed by atoms with van der Waals surface area (Å²) >= 11 is 1.84. The highest BCUT2D eigenvalue weighted by atomic mass is 32.1. The Hall–Kier alpha value is -8.50. The number of thiophene rings is 1. The van der Waals surface area contributed by atoms with Crippen LogP contribution in [0.25, 0.3) is 92.9 Å². The molecule has 0 bridgehead atoms. The topological polar surface area (TPSA) is 8.17 Å². The Bertz CT molecular complexity index is 3860. The third-order valence-electron chi connectivity index (χ3n) is 14.5. The van der Waals surface area contributed by atoms with Crippen molar-refractivity contribution in [3.05, 3.63) is 266 Å². The van der Waals surface area contributed by atoms with Gasteiger partial charge < -0.3 is 9.47 Å². The quantitative estimate of drug-likeness (QED) is 0.140. The number of benzene rings is 10. The van der Waals surface area contributed by atoms with Crippen molar-refractivity contribution in [2.75, 3.05) is 4.90 Å². The van der Waals surface area contributed by atoms with Crippen LogP contribution in [0.2, 0.25) is 0 Å². The second-order valence-corrected chi connectivity index (χ2v) is 20.0. The largest absolute Gasteiger partial charge is 0.310 e. The number of para-hydroxylation sites is 1. The van der Waals surface area contributed by atoms with E-state index in [0.717, 1.165) is 22.7 Å². The average Bonchev–Trinajstić information content (AvgIpc) is 4.11. The van der Waals surface area contributed by atoms with E-state index in [1.807, 2.05) is 11.3 Å². The molecule has 0 spiro atoms. The molecule has 0 aliphatic heterocycles. The number of aromatic nitrogens is 1. The lowest BCUT2D eigenvalue weighted by molar-refractivity contribution is 0.660. The van der Waals surface area contributed by atoms with Crippen molar-refractivity contribution in [2.24, 2.45) is 0 Å². The average molecular weight is 913 g/mol. The van der Waals surface area contributed by atoms with Crippen LogP contribution in [-0.2, 0) is 5.41 Å². The third kappa shape index (κ3) is 7.17. The van der Waals surface area contributed by atoms with Gasteiger partial charge in [-0.05, 0) is 152 Å². The van der Waals surface area contributed by atoms with Crippen LogP contribution in [0, 0.1) is 0 Å². The standard InChI is InChI=1S/C67H48N2S/c1-67(2)61-21-13-12-20-57(61)58-37-30-52(43-62(58)67)48-26-32-54(33-27-48)68(55-34-28-50(29-35-55)66-41-40-65(70-66)49-16-8-4-9-17-49)56-36-39-64-60(44-56)59-42-51(31-38-63(59)69(64)53-18-10-5-11-19-53)47-24-22-46(23-25-47)45-14-6-3-7-15-45/h3-44H,1-2H3. The van der Waals surface area contributed by atoms with Crippen molar-refractivity contribution in [2.45, 2.75) is 19.3 Å². The van der Waals surface area contributed by atoms with Gasteiger partial charge in [0.25, 0.3) is 0 Å². The zero-order chi connectivity index (χ0) is 46.8. The number of nitrogens with zero attached hydrogens (tertiary/aromatic N) is 2. The second kappa shape index (κ2) is 16.9. The fourth-order valence-corrected chi connectivity index (χ4v) is 11.8. The number of fused-ring (bicyclic) bond motifs is 6. The Balaban J connectivity index is 0.929. The molecule has 2 heterocycles. The summed E-state index contributed by atoms with van der Waals surface area (Å²) in [5.74, 6) is 0. The number of rotatable bonds is 9. The molecule has 0 amide bonds. The first-order valence-corrected chi connectivity index (χ1v) is 25.0. The lowest BCUT2D eigenvalue weighted by atomic mass is 9.81. The molecule has 0 saturated heterocycles. The van der Waals surface area contributed by atoms with Crippen LogP contribution in [0.4, 0.5) is 17.1 Å². The van der Waals surface area contributed by atoms with Crippen molar-refractivity contribution in [1.29, 1.82) is 0 Å². The molecule has 0 saturated carbocycles. The van der Waals surface area contributed by atoms with E-state index in [1.54, 1.807) is 0 Å². The maximum atomic E-state index is 2.41. The summed E-state index contributed by atoms with van der Waals surface area (Å²) in [5, 5.41) is 2.41. The van der Waals surface area contributed by atoms with Crippen LogP contribution < -0.4 is 4.90 Å². The fourth-order valence-electron chi connectivity index (χ4n) is 10.8. The highest BCUT2D eigenvalue weighted by Gasteiger charge is 2.35. The predicted molar refractivity (Wildman–Crippen MR) is 298 cm³/mol. The summed E-state index contributed by atoms with van der Waals surface area (Å²) in [4.78, 5) is 4.94. The van der Waals surface area contributed by atoms with Crippen molar-refractivity contribution >= 4 is 50.2 Å². The molecule has 0 atom stereocenters. The van der Waals surface area contributed by atoms with E-state index in [4.69, 9.17) is 0 Å². The highest BCUT2D eigenvalue weighted by molar-refractivity contribution is 7.18. The molecule has 0 unspecified atom stereocenters. The van der Waals surface area contributed by atoms with Gasteiger partial charge in [0.1, 0.15) is 0 Å². The predicted octanol–water partition coefficient (Wildman–Crippen LogP) is 19.0. The Kier molecular flexibility index (Phi) is 10.1. The number of anilines is 3. The Labute approximate surface area is 413 Å². The molecule has 1 aliphatic rings. The second-order valence-electron chi connectivity index (χ2n) is 18.9. The molecule has 3 heteroatoms. The first-order chi connectivity index (χ1) is 34.4. The van der Waals surface area contributed by atoms with E-state index in [9.17, 15) is 0 Å². The minimum absolute atomic E-state index is 0.0624. The van der Waals surface area contributed by atoms with Gasteiger partial charge in [-0.2, -0.15) is 0 Å². The molecule has 12 aromatic rings. The third-order valence-corrected chi connectivity index (χ3v) is 15.6. The molecular weight excluding hydrogens is 865 g/mol. The van der Waals surface area contributed by atoms with Gasteiger partial charge in [-0.25, -0.2) is 0 Å². The Morgan fingerprint density at radius 1 is 0.329 bits per heavy atom. The van der Waals surface area contributed by atoms with E-state index in [0.29, 0.717) is 0 Å². The summed E-state index contributed by atoms with van der Waals surface area (Å²) in [6, 6.07) is 93.6. The molecule has 2 aromatic heterocycles. The van der Waals surface area contributed by atoms with Crippen molar-refractivity contribution in [3.8, 4) is 71.1 Å². The molecule has 0 radical (unpaired) electrons. The highest BCUT2D eigenvalue weighted by Crippen LogP contribution is 2.50. The summed E-state index contributed by atoms with van der Waals surface area (Å²) < 4.78 is 2.41. The van der Waals surface area contributed by atoms with Crippen LogP contribution in [0.1, 0.15) is 25.0 Å². The van der Waals surface area contributed by atoms with Crippen molar-refractivity contribution in [3.63, 3.8) is 0 Å². The molecule has 13 rings (SSSR count). The van der Waals surface area contributed by atoms with Crippen LogP contribution in [-0.4, -0.2) is 4.57 Å². The maximum absolute atomic E-state index is 2.41. The van der Waals surface area contributed by atoms with Crippen LogP contribution >= 0.6 is 11.3 Å². The lowest BCUT2D eigenvalue weighted by Crippen LogP contribution is -2.14. The van der Waals surface area contributed by atoms with Gasteiger partial charge in [-0.1, -0.05) is 184 Å². The Morgan fingerprint density at radius 2 is 0.757 bits per heavy atom. The molecule has 0 N–H and O–H groups in total. The molecular formula is C67H48N2S. The zero-order valence-corrected chi connectivity index (χ0v) is 39.9. The smallest absolute Gasteiger partial charge is 0.0542 e. The van der Waals surface area contributed by atoms with E-state index < -0.39 is 0 Å². The van der Waals surface area contributed by atoms with Crippen molar-refractivity contribution < 1.29 is 0 Å². The molecule has 2 nitrogen and oxygen atoms in total.